The summed E-state index contributed by atoms with van der Waals surface area (Å²) >= 11 is 0. The smallest absolute Gasteiger partial charge is 0.187 e. The first-order valence-electron chi connectivity index (χ1n) is 18.9. The van der Waals surface area contributed by atoms with Crippen LogP contribution in [0.3, 0.4) is 0 Å². The van der Waals surface area contributed by atoms with E-state index in [-0.39, 0.29) is 23.1 Å². The highest BCUT2D eigenvalue weighted by Crippen LogP contribution is 2.54. The maximum atomic E-state index is 16.2. The monoisotopic (exact) mass is 753 g/mol. The maximum absolute atomic E-state index is 16.2. The van der Waals surface area contributed by atoms with Crippen molar-refractivity contribution < 1.29 is 26.3 Å². The molecule has 0 radical (unpaired) electrons. The first-order valence-corrected chi connectivity index (χ1v) is 18.9. The van der Waals surface area contributed by atoms with Gasteiger partial charge in [-0.15, -0.1) is 0 Å². The topological polar surface area (TPSA) is 3.24 Å². The largest absolute Gasteiger partial charge is 0.309 e. The third-order valence-corrected chi connectivity index (χ3v) is 11.6. The van der Waals surface area contributed by atoms with E-state index in [2.05, 4.69) is 24.3 Å². The first-order chi connectivity index (χ1) is 27.1. The highest BCUT2D eigenvalue weighted by molar-refractivity contribution is 6.07. The lowest BCUT2D eigenvalue weighted by Gasteiger charge is -2.36. The number of para-hydroxylation sites is 1. The molecule has 0 saturated carbocycles. The predicted molar refractivity (Wildman–Crippen MR) is 215 cm³/mol. The Morgan fingerprint density at radius 1 is 0.732 bits per heavy atom. The summed E-state index contributed by atoms with van der Waals surface area (Å²) in [6.45, 7) is 4.04. The van der Waals surface area contributed by atoms with Crippen molar-refractivity contribution in [3.05, 3.63) is 188 Å². The Kier molecular flexibility index (Phi) is 8.99. The molecule has 9 rings (SSSR count). The van der Waals surface area contributed by atoms with Gasteiger partial charge in [0.25, 0.3) is 0 Å². The van der Waals surface area contributed by atoms with Gasteiger partial charge in [-0.2, -0.15) is 0 Å². The van der Waals surface area contributed by atoms with Crippen LogP contribution in [-0.4, -0.2) is 12.3 Å². The van der Waals surface area contributed by atoms with Crippen LogP contribution in [0.5, 0.6) is 0 Å². The van der Waals surface area contributed by atoms with Crippen LogP contribution in [0.1, 0.15) is 79.7 Å². The first kappa shape index (κ1) is 35.9. The number of aryl methyl sites for hydroxylation is 2. The zero-order chi connectivity index (χ0) is 38.8. The van der Waals surface area contributed by atoms with Crippen molar-refractivity contribution in [2.45, 2.75) is 57.5 Å². The second kappa shape index (κ2) is 14.0. The summed E-state index contributed by atoms with van der Waals surface area (Å²) in [6.07, 6.45) is -0.540. The predicted octanol–water partition coefficient (Wildman–Crippen LogP) is 14.2. The number of anilines is 3. The number of halogens is 6. The van der Waals surface area contributed by atoms with Crippen molar-refractivity contribution in [3.8, 4) is 0 Å². The number of nitrogens with zero attached hydrogens (tertiary/aromatic N) is 1. The lowest BCUT2D eigenvalue weighted by Crippen LogP contribution is -2.22. The molecule has 3 aliphatic carbocycles. The van der Waals surface area contributed by atoms with E-state index >= 15 is 17.6 Å². The van der Waals surface area contributed by atoms with E-state index < -0.39 is 41.9 Å². The highest BCUT2D eigenvalue weighted by atomic mass is 19.2. The van der Waals surface area contributed by atoms with Gasteiger partial charge in [-0.05, 0) is 107 Å². The Bertz CT molecular complexity index is 2630. The van der Waals surface area contributed by atoms with Crippen LogP contribution in [0, 0.1) is 13.8 Å². The minimum atomic E-state index is -2.45. The summed E-state index contributed by atoms with van der Waals surface area (Å²) in [6, 6.07) is 33.7. The van der Waals surface area contributed by atoms with Crippen LogP contribution in [-0.2, 0) is 12.8 Å². The Morgan fingerprint density at radius 2 is 1.43 bits per heavy atom. The molecule has 6 aromatic carbocycles. The molecule has 0 N–H and O–H groups in total. The lowest BCUT2D eigenvalue weighted by molar-refractivity contribution is 0.173. The van der Waals surface area contributed by atoms with E-state index in [0.717, 1.165) is 55.9 Å². The van der Waals surface area contributed by atoms with Crippen LogP contribution >= 0.6 is 0 Å². The summed E-state index contributed by atoms with van der Waals surface area (Å²) < 4.78 is 92.4. The van der Waals surface area contributed by atoms with Gasteiger partial charge in [0.15, 0.2) is 30.2 Å². The number of alkyl halides is 3. The molecule has 0 bridgehead atoms. The fourth-order valence-corrected chi connectivity index (χ4v) is 8.94. The molecule has 0 saturated heterocycles. The second-order valence-corrected chi connectivity index (χ2v) is 14.9. The van der Waals surface area contributed by atoms with Crippen LogP contribution in [0.25, 0.3) is 28.8 Å². The molecule has 4 unspecified atom stereocenters. The van der Waals surface area contributed by atoms with Crippen LogP contribution < -0.4 is 4.90 Å². The second-order valence-electron chi connectivity index (χ2n) is 14.9. The number of allylic oxidation sites excluding steroid dienone is 3. The number of hydrogen-bond acceptors (Lipinski definition) is 1. The molecule has 0 spiro atoms. The number of fused-ring (bicyclic) bond motifs is 4. The van der Waals surface area contributed by atoms with E-state index in [0.29, 0.717) is 35.3 Å². The minimum absolute atomic E-state index is 0.0494. The third kappa shape index (κ3) is 5.70. The quantitative estimate of drug-likeness (QED) is 0.121. The average Bonchev–Trinajstić information content (AvgIpc) is 3.21. The molecule has 4 atom stereocenters. The van der Waals surface area contributed by atoms with Gasteiger partial charge >= 0.3 is 0 Å². The fourth-order valence-electron chi connectivity index (χ4n) is 8.94. The van der Waals surface area contributed by atoms with Gasteiger partial charge < -0.3 is 4.90 Å². The van der Waals surface area contributed by atoms with Gasteiger partial charge in [-0.3, -0.25) is 0 Å². The van der Waals surface area contributed by atoms with Crippen molar-refractivity contribution >= 4 is 45.8 Å². The summed E-state index contributed by atoms with van der Waals surface area (Å²) in [5.41, 5.74) is 8.65. The summed E-state index contributed by atoms with van der Waals surface area (Å²) in [5.74, 6) is -4.34. The molecule has 0 fully saturated rings. The van der Waals surface area contributed by atoms with Crippen molar-refractivity contribution in [2.24, 2.45) is 0 Å². The minimum Gasteiger partial charge on any atom is -0.309 e. The number of hydrogen-bond donors (Lipinski definition) is 0. The molecule has 7 heteroatoms. The molecule has 6 aromatic rings. The molecule has 0 aromatic heterocycles. The molecular formula is C49H37F6N. The number of benzene rings is 6. The van der Waals surface area contributed by atoms with Gasteiger partial charge in [-0.25, -0.2) is 26.3 Å². The molecule has 0 aliphatic heterocycles. The van der Waals surface area contributed by atoms with Crippen LogP contribution in [0.4, 0.5) is 43.4 Å². The zero-order valence-electron chi connectivity index (χ0n) is 30.8. The van der Waals surface area contributed by atoms with Gasteiger partial charge in [0.2, 0.25) is 0 Å². The molecule has 0 heterocycles. The van der Waals surface area contributed by atoms with Gasteiger partial charge in [0.1, 0.15) is 5.83 Å². The molecule has 56 heavy (non-hydrogen) atoms. The molecule has 280 valence electrons. The average molecular weight is 754 g/mol. The normalized spacial score (nSPS) is 19.3. The Hall–Kier alpha value is -5.82. The van der Waals surface area contributed by atoms with E-state index in [4.69, 9.17) is 0 Å². The van der Waals surface area contributed by atoms with Gasteiger partial charge in [0, 0.05) is 40.1 Å². The third-order valence-electron chi connectivity index (χ3n) is 11.6. The van der Waals surface area contributed by atoms with E-state index in [1.54, 1.807) is 30.3 Å². The van der Waals surface area contributed by atoms with Crippen LogP contribution in [0.15, 0.2) is 127 Å². The molecule has 3 aliphatic rings. The van der Waals surface area contributed by atoms with Gasteiger partial charge in [-0.1, -0.05) is 97.1 Å². The summed E-state index contributed by atoms with van der Waals surface area (Å²) in [4.78, 5) is 1.95. The Labute approximate surface area is 321 Å². The summed E-state index contributed by atoms with van der Waals surface area (Å²) in [7, 11) is 0. The van der Waals surface area contributed by atoms with Crippen molar-refractivity contribution in [3.63, 3.8) is 0 Å². The van der Waals surface area contributed by atoms with E-state index in [1.165, 1.54) is 0 Å². The van der Waals surface area contributed by atoms with Crippen LogP contribution in [0.2, 0.25) is 0 Å². The SMILES string of the molecule is Cc1cc2c(C(c3ccccc3)c3cccc4c3C(F)=C(F)C(F)C4)c3c(c(N(c4ccccc4)c4cccc5c4C(F)C(F)C(F)=C5)c2cc1C)C=CCC3. The van der Waals surface area contributed by atoms with E-state index in [1.807, 2.05) is 85.5 Å². The van der Waals surface area contributed by atoms with Gasteiger partial charge in [0.05, 0.1) is 11.4 Å². The molecule has 1 nitrogen and oxygen atoms in total. The highest BCUT2D eigenvalue weighted by Gasteiger charge is 2.39. The van der Waals surface area contributed by atoms with E-state index in [9.17, 15) is 8.78 Å². The fraction of sp³-hybridized carbons (Fsp3) is 0.184. The Morgan fingerprint density at radius 3 is 2.18 bits per heavy atom. The molecular weight excluding hydrogens is 717 g/mol. The maximum Gasteiger partial charge on any atom is 0.187 e. The Balaban J connectivity index is 1.43. The molecule has 0 amide bonds. The lowest BCUT2D eigenvalue weighted by atomic mass is 9.73. The number of rotatable bonds is 6. The van der Waals surface area contributed by atoms with Crippen molar-refractivity contribution in [2.75, 3.05) is 4.90 Å². The zero-order valence-corrected chi connectivity index (χ0v) is 30.8. The standard InChI is InChI=1S/C49H37F6N/c1-27-23-36-37(24-28(27)2)49(56(32-17-7-4-8-18-32)40-22-12-16-31-26-39(51)46(53)48(55)43(31)40)34-20-10-9-19-33(34)44(36)41(29-13-5-3-6-14-29)35-21-11-15-30-25-38(50)45(52)47(54)42(30)35/h3-8,10-18,20-24,26,38,41,46,48H,9,19,25H2,1-2H3. The van der Waals surface area contributed by atoms with Crippen molar-refractivity contribution in [1.29, 1.82) is 0 Å². The summed E-state index contributed by atoms with van der Waals surface area (Å²) in [5, 5.41) is 1.65. The van der Waals surface area contributed by atoms with Crippen molar-refractivity contribution in [1.82, 2.24) is 0 Å².